The molecule has 0 heterocycles. The van der Waals surface area contributed by atoms with Gasteiger partial charge in [0.1, 0.15) is 0 Å². The number of allylic oxidation sites excluding steroid dienone is 1. The van der Waals surface area contributed by atoms with Crippen molar-refractivity contribution < 1.29 is 12.6 Å². The zero-order valence-electron chi connectivity index (χ0n) is 6.49. The molecule has 0 rings (SSSR count). The number of rotatable bonds is 3. The molecule has 0 aromatic carbocycles. The summed E-state index contributed by atoms with van der Waals surface area (Å²) in [4.78, 5) is 0. The molecular formula is C7H10O3S. The van der Waals surface area contributed by atoms with Crippen LogP contribution >= 0.6 is 0 Å². The third kappa shape index (κ3) is 5.64. The first-order valence-electron chi connectivity index (χ1n) is 3.10. The topological polar surface area (TPSA) is 43.4 Å². The Bertz CT molecular complexity index is 277. The molecule has 0 radical (unpaired) electrons. The third-order valence-electron chi connectivity index (χ3n) is 0.744. The van der Waals surface area contributed by atoms with Gasteiger partial charge >= 0.3 is 0 Å². The average molecular weight is 174 g/mol. The fraction of sp³-hybridized carbons (Fsp3) is 0.429. The predicted octanol–water partition coefficient (Wildman–Crippen LogP) is 0.890. The molecule has 0 N–H and O–H groups in total. The smallest absolute Gasteiger partial charge is 0.267 e. The second-order valence-electron chi connectivity index (χ2n) is 1.60. The van der Waals surface area contributed by atoms with Crippen molar-refractivity contribution in [3.8, 4) is 11.8 Å². The van der Waals surface area contributed by atoms with Gasteiger partial charge in [0.15, 0.2) is 0 Å². The van der Waals surface area contributed by atoms with Crippen LogP contribution < -0.4 is 0 Å². The fourth-order valence-corrected chi connectivity index (χ4v) is 1.05. The maximum atomic E-state index is 10.7. The van der Waals surface area contributed by atoms with E-state index >= 15 is 0 Å². The SMILES string of the molecule is CC#CC=CS(=O)(=O)OCC. The third-order valence-corrected chi connectivity index (χ3v) is 1.78. The highest BCUT2D eigenvalue weighted by molar-refractivity contribution is 7.89. The minimum Gasteiger partial charge on any atom is -0.267 e. The van der Waals surface area contributed by atoms with Gasteiger partial charge in [-0.25, -0.2) is 0 Å². The van der Waals surface area contributed by atoms with Crippen molar-refractivity contribution in [1.29, 1.82) is 0 Å². The molecule has 0 atom stereocenters. The summed E-state index contributed by atoms with van der Waals surface area (Å²) in [5.74, 6) is 5.00. The highest BCUT2D eigenvalue weighted by Crippen LogP contribution is 1.93. The van der Waals surface area contributed by atoms with E-state index in [2.05, 4.69) is 16.0 Å². The summed E-state index contributed by atoms with van der Waals surface area (Å²) in [6.45, 7) is 3.38. The monoisotopic (exact) mass is 174 g/mol. The van der Waals surface area contributed by atoms with Crippen LogP contribution in [0, 0.1) is 11.8 Å². The lowest BCUT2D eigenvalue weighted by Crippen LogP contribution is -2.00. The van der Waals surface area contributed by atoms with Gasteiger partial charge in [-0.15, -0.1) is 5.92 Å². The highest BCUT2D eigenvalue weighted by atomic mass is 32.2. The molecule has 62 valence electrons. The number of hydrogen-bond acceptors (Lipinski definition) is 3. The van der Waals surface area contributed by atoms with Crippen molar-refractivity contribution in [2.75, 3.05) is 6.61 Å². The standard InChI is InChI=1S/C7H10O3S/c1-3-5-6-7-11(8,9)10-4-2/h6-7H,4H2,1-2H3. The molecule has 0 saturated carbocycles. The Morgan fingerprint density at radius 1 is 1.55 bits per heavy atom. The van der Waals surface area contributed by atoms with Crippen LogP contribution in [0.25, 0.3) is 0 Å². The van der Waals surface area contributed by atoms with Crippen LogP contribution in [0.5, 0.6) is 0 Å². The lowest BCUT2D eigenvalue weighted by molar-refractivity contribution is 0.345. The normalized spacial score (nSPS) is 11.1. The minimum atomic E-state index is -3.49. The molecule has 0 aliphatic heterocycles. The predicted molar refractivity (Wildman–Crippen MR) is 43.1 cm³/mol. The van der Waals surface area contributed by atoms with E-state index in [1.165, 1.54) is 6.08 Å². The quantitative estimate of drug-likeness (QED) is 0.471. The lowest BCUT2D eigenvalue weighted by Gasteiger charge is -1.93. The van der Waals surface area contributed by atoms with Gasteiger partial charge in [-0.3, -0.25) is 4.18 Å². The molecule has 0 aliphatic rings. The van der Waals surface area contributed by atoms with Crippen molar-refractivity contribution in [2.24, 2.45) is 0 Å². The molecular weight excluding hydrogens is 164 g/mol. The summed E-state index contributed by atoms with van der Waals surface area (Å²) >= 11 is 0. The molecule has 11 heavy (non-hydrogen) atoms. The van der Waals surface area contributed by atoms with Crippen molar-refractivity contribution in [1.82, 2.24) is 0 Å². The Hall–Kier alpha value is -0.790. The Morgan fingerprint density at radius 3 is 2.64 bits per heavy atom. The van der Waals surface area contributed by atoms with Gasteiger partial charge in [0.05, 0.1) is 12.0 Å². The van der Waals surface area contributed by atoms with Crippen molar-refractivity contribution in [3.05, 3.63) is 11.5 Å². The van der Waals surface area contributed by atoms with Gasteiger partial charge < -0.3 is 0 Å². The lowest BCUT2D eigenvalue weighted by atomic mass is 10.6. The largest absolute Gasteiger partial charge is 0.290 e. The van der Waals surface area contributed by atoms with Crippen LogP contribution in [-0.2, 0) is 14.3 Å². The fourth-order valence-electron chi connectivity index (χ4n) is 0.404. The summed E-state index contributed by atoms with van der Waals surface area (Å²) in [6, 6.07) is 0. The minimum absolute atomic E-state index is 0.145. The molecule has 0 aromatic rings. The summed E-state index contributed by atoms with van der Waals surface area (Å²) < 4.78 is 25.9. The van der Waals surface area contributed by atoms with Gasteiger partial charge in [-0.2, -0.15) is 8.42 Å². The van der Waals surface area contributed by atoms with Crippen molar-refractivity contribution in [3.63, 3.8) is 0 Å². The molecule has 0 spiro atoms. The summed E-state index contributed by atoms with van der Waals surface area (Å²) in [6.07, 6.45) is 1.24. The molecule has 3 nitrogen and oxygen atoms in total. The van der Waals surface area contributed by atoms with Gasteiger partial charge in [-0.1, -0.05) is 5.92 Å². The molecule has 0 fully saturated rings. The van der Waals surface area contributed by atoms with E-state index in [0.29, 0.717) is 0 Å². The summed E-state index contributed by atoms with van der Waals surface area (Å²) in [7, 11) is -3.49. The zero-order chi connectivity index (χ0) is 8.74. The second-order valence-corrected chi connectivity index (χ2v) is 3.09. The van der Waals surface area contributed by atoms with Crippen LogP contribution in [0.3, 0.4) is 0 Å². The van der Waals surface area contributed by atoms with Crippen LogP contribution in [0.2, 0.25) is 0 Å². The molecule has 4 heteroatoms. The number of hydrogen-bond donors (Lipinski definition) is 0. The molecule has 0 bridgehead atoms. The Kier molecular flexibility index (Phi) is 4.59. The molecule has 0 aromatic heterocycles. The van der Waals surface area contributed by atoms with E-state index in [-0.39, 0.29) is 6.61 Å². The van der Waals surface area contributed by atoms with E-state index in [4.69, 9.17) is 0 Å². The van der Waals surface area contributed by atoms with Gasteiger partial charge in [0, 0.05) is 6.08 Å². The molecule has 0 amide bonds. The van der Waals surface area contributed by atoms with Crippen molar-refractivity contribution >= 4 is 10.1 Å². The first-order valence-corrected chi connectivity index (χ1v) is 4.57. The summed E-state index contributed by atoms with van der Waals surface area (Å²) in [5.41, 5.74) is 0. The van der Waals surface area contributed by atoms with Crippen LogP contribution in [0.4, 0.5) is 0 Å². The first-order chi connectivity index (χ1) is 5.12. The summed E-state index contributed by atoms with van der Waals surface area (Å²) in [5, 5.41) is 0.938. The van der Waals surface area contributed by atoms with Crippen LogP contribution in [0.15, 0.2) is 11.5 Å². The first kappa shape index (κ1) is 10.2. The van der Waals surface area contributed by atoms with E-state index in [1.54, 1.807) is 13.8 Å². The Balaban J connectivity index is 4.20. The molecule has 0 unspecified atom stereocenters. The van der Waals surface area contributed by atoms with E-state index < -0.39 is 10.1 Å². The zero-order valence-corrected chi connectivity index (χ0v) is 7.31. The molecule has 0 aliphatic carbocycles. The van der Waals surface area contributed by atoms with Gasteiger partial charge in [0.25, 0.3) is 10.1 Å². The van der Waals surface area contributed by atoms with E-state index in [9.17, 15) is 8.42 Å². The van der Waals surface area contributed by atoms with Crippen LogP contribution in [0.1, 0.15) is 13.8 Å². The Labute approximate surface area is 67.2 Å². The molecule has 0 saturated heterocycles. The maximum Gasteiger partial charge on any atom is 0.290 e. The van der Waals surface area contributed by atoms with E-state index in [0.717, 1.165) is 5.41 Å². The van der Waals surface area contributed by atoms with E-state index in [1.807, 2.05) is 0 Å². The maximum absolute atomic E-state index is 10.7. The van der Waals surface area contributed by atoms with Crippen LogP contribution in [-0.4, -0.2) is 15.0 Å². The van der Waals surface area contributed by atoms with Gasteiger partial charge in [0.2, 0.25) is 0 Å². The van der Waals surface area contributed by atoms with Gasteiger partial charge in [-0.05, 0) is 13.8 Å². The average Bonchev–Trinajstić information content (AvgIpc) is 1.87. The second kappa shape index (κ2) is 4.94. The van der Waals surface area contributed by atoms with Crippen molar-refractivity contribution in [2.45, 2.75) is 13.8 Å². The highest BCUT2D eigenvalue weighted by Gasteiger charge is 2.01. The Morgan fingerprint density at radius 2 is 2.18 bits per heavy atom.